The molecule has 0 spiro atoms. The van der Waals surface area contributed by atoms with Crippen LogP contribution >= 0.6 is 0 Å². The van der Waals surface area contributed by atoms with Crippen LogP contribution in [-0.2, 0) is 12.8 Å². The molecule has 0 aliphatic carbocycles. The van der Waals surface area contributed by atoms with Crippen molar-refractivity contribution in [3.05, 3.63) is 41.3 Å². The normalized spacial score (nSPS) is 18.0. The summed E-state index contributed by atoms with van der Waals surface area (Å²) in [5.74, 6) is 2.33. The topological polar surface area (TPSA) is 64.5 Å². The molecule has 6 heteroatoms. The van der Waals surface area contributed by atoms with Crippen LogP contribution in [0.5, 0.6) is 5.75 Å². The minimum atomic E-state index is 0.355. The number of hydrogen-bond donors (Lipinski definition) is 2. The quantitative estimate of drug-likeness (QED) is 0.865. The third kappa shape index (κ3) is 3.26. The molecule has 1 saturated heterocycles. The molecule has 2 aromatic rings. The van der Waals surface area contributed by atoms with Crippen molar-refractivity contribution in [2.75, 3.05) is 49.1 Å². The molecule has 132 valence electrons. The third-order valence-corrected chi connectivity index (χ3v) is 5.07. The van der Waals surface area contributed by atoms with Crippen molar-refractivity contribution in [1.29, 1.82) is 0 Å². The molecule has 0 unspecified atom stereocenters. The minimum absolute atomic E-state index is 0.355. The lowest BCUT2D eigenvalue weighted by Gasteiger charge is -2.37. The Hall–Kier alpha value is -2.34. The standard InChI is InChI=1S/C19H25N5O/c1-14-21-16-7-9-20-8-6-15(16)19(22-14)24-12-10-23(11-13-24)17-4-2-3-5-18(17)25/h2-5,20,25H,6-13H2,1H3. The van der Waals surface area contributed by atoms with Crippen LogP contribution in [0, 0.1) is 6.92 Å². The molecule has 3 heterocycles. The highest BCUT2D eigenvalue weighted by Crippen LogP contribution is 2.29. The van der Waals surface area contributed by atoms with Gasteiger partial charge in [-0.25, -0.2) is 9.97 Å². The molecular weight excluding hydrogens is 314 g/mol. The summed E-state index contributed by atoms with van der Waals surface area (Å²) in [4.78, 5) is 14.1. The Balaban J connectivity index is 1.55. The number of fused-ring (bicyclic) bond motifs is 1. The largest absolute Gasteiger partial charge is 0.506 e. The van der Waals surface area contributed by atoms with E-state index in [1.165, 1.54) is 11.3 Å². The van der Waals surface area contributed by atoms with Gasteiger partial charge in [0, 0.05) is 44.7 Å². The number of phenols is 1. The van der Waals surface area contributed by atoms with Crippen LogP contribution in [0.15, 0.2) is 24.3 Å². The summed E-state index contributed by atoms with van der Waals surface area (Å²) in [6.45, 7) is 7.55. The minimum Gasteiger partial charge on any atom is -0.506 e. The number of anilines is 2. The van der Waals surface area contributed by atoms with Gasteiger partial charge in [0.05, 0.1) is 11.4 Å². The third-order valence-electron chi connectivity index (χ3n) is 5.07. The SMILES string of the molecule is Cc1nc2c(c(N3CCN(c4ccccc4O)CC3)n1)CCNCC2. The molecule has 6 nitrogen and oxygen atoms in total. The highest BCUT2D eigenvalue weighted by atomic mass is 16.3. The van der Waals surface area contributed by atoms with Crippen LogP contribution in [0.3, 0.4) is 0 Å². The van der Waals surface area contributed by atoms with Crippen LogP contribution in [0.25, 0.3) is 0 Å². The van der Waals surface area contributed by atoms with Crippen LogP contribution in [0.2, 0.25) is 0 Å². The van der Waals surface area contributed by atoms with Crippen molar-refractivity contribution in [2.45, 2.75) is 19.8 Å². The van der Waals surface area contributed by atoms with E-state index in [-0.39, 0.29) is 0 Å². The molecule has 4 rings (SSSR count). The van der Waals surface area contributed by atoms with Crippen molar-refractivity contribution in [1.82, 2.24) is 15.3 Å². The van der Waals surface area contributed by atoms with Crippen molar-refractivity contribution in [3.8, 4) is 5.75 Å². The fourth-order valence-corrected chi connectivity index (χ4v) is 3.80. The second kappa shape index (κ2) is 6.88. The van der Waals surface area contributed by atoms with E-state index in [1.54, 1.807) is 6.07 Å². The number of hydrogen-bond acceptors (Lipinski definition) is 6. The van der Waals surface area contributed by atoms with E-state index in [0.717, 1.165) is 69.4 Å². The van der Waals surface area contributed by atoms with E-state index < -0.39 is 0 Å². The molecule has 1 aromatic carbocycles. The van der Waals surface area contributed by atoms with E-state index >= 15 is 0 Å². The number of aromatic hydroxyl groups is 1. The molecule has 0 bridgehead atoms. The van der Waals surface area contributed by atoms with Crippen LogP contribution in [-0.4, -0.2) is 54.3 Å². The first kappa shape index (κ1) is 16.1. The van der Waals surface area contributed by atoms with Gasteiger partial charge in [-0.05, 0) is 32.0 Å². The smallest absolute Gasteiger partial charge is 0.138 e. The highest BCUT2D eigenvalue weighted by molar-refractivity contribution is 5.59. The van der Waals surface area contributed by atoms with Crippen molar-refractivity contribution >= 4 is 11.5 Å². The summed E-state index contributed by atoms with van der Waals surface area (Å²) < 4.78 is 0. The van der Waals surface area contributed by atoms with Gasteiger partial charge in [0.25, 0.3) is 0 Å². The Morgan fingerprint density at radius 2 is 1.68 bits per heavy atom. The number of benzene rings is 1. The molecule has 0 saturated carbocycles. The Morgan fingerprint density at radius 1 is 0.960 bits per heavy atom. The van der Waals surface area contributed by atoms with E-state index in [2.05, 4.69) is 20.1 Å². The fourth-order valence-electron chi connectivity index (χ4n) is 3.80. The number of rotatable bonds is 2. The number of aryl methyl sites for hydroxylation is 1. The summed E-state index contributed by atoms with van der Waals surface area (Å²) in [6, 6.07) is 7.57. The first-order chi connectivity index (χ1) is 12.2. The maximum absolute atomic E-state index is 10.1. The number of para-hydroxylation sites is 2. The number of phenolic OH excluding ortho intramolecular Hbond substituents is 1. The second-order valence-corrected chi connectivity index (χ2v) is 6.73. The van der Waals surface area contributed by atoms with E-state index in [4.69, 9.17) is 4.98 Å². The van der Waals surface area contributed by atoms with Gasteiger partial charge in [0.1, 0.15) is 17.4 Å². The fraction of sp³-hybridized carbons (Fsp3) is 0.474. The van der Waals surface area contributed by atoms with Gasteiger partial charge in [-0.2, -0.15) is 0 Å². The zero-order chi connectivity index (χ0) is 17.2. The lowest BCUT2D eigenvalue weighted by atomic mass is 10.1. The maximum atomic E-state index is 10.1. The molecule has 0 atom stereocenters. The Bertz CT molecular complexity index is 755. The molecule has 25 heavy (non-hydrogen) atoms. The number of nitrogens with zero attached hydrogens (tertiary/aromatic N) is 4. The van der Waals surface area contributed by atoms with Crippen LogP contribution in [0.1, 0.15) is 17.1 Å². The Kier molecular flexibility index (Phi) is 4.44. The lowest BCUT2D eigenvalue weighted by Crippen LogP contribution is -2.47. The molecule has 0 radical (unpaired) electrons. The Morgan fingerprint density at radius 3 is 2.48 bits per heavy atom. The predicted octanol–water partition coefficient (Wildman–Crippen LogP) is 1.51. The Labute approximate surface area is 148 Å². The van der Waals surface area contributed by atoms with Crippen molar-refractivity contribution < 1.29 is 5.11 Å². The van der Waals surface area contributed by atoms with Crippen LogP contribution in [0.4, 0.5) is 11.5 Å². The molecule has 1 aromatic heterocycles. The summed E-state index contributed by atoms with van der Waals surface area (Å²) in [6.07, 6.45) is 1.97. The molecule has 2 aliphatic rings. The van der Waals surface area contributed by atoms with Gasteiger partial charge >= 0.3 is 0 Å². The van der Waals surface area contributed by atoms with E-state index in [1.807, 2.05) is 25.1 Å². The zero-order valence-electron chi connectivity index (χ0n) is 14.7. The molecule has 2 aliphatic heterocycles. The van der Waals surface area contributed by atoms with E-state index in [0.29, 0.717) is 5.75 Å². The lowest BCUT2D eigenvalue weighted by molar-refractivity contribution is 0.472. The van der Waals surface area contributed by atoms with Gasteiger partial charge in [-0.15, -0.1) is 0 Å². The average Bonchev–Trinajstić information content (AvgIpc) is 2.87. The van der Waals surface area contributed by atoms with Gasteiger partial charge in [0.2, 0.25) is 0 Å². The number of aromatic nitrogens is 2. The summed E-state index contributed by atoms with van der Waals surface area (Å²) in [7, 11) is 0. The number of piperazine rings is 1. The molecule has 0 amide bonds. The van der Waals surface area contributed by atoms with Gasteiger partial charge in [-0.1, -0.05) is 12.1 Å². The summed E-state index contributed by atoms with van der Waals surface area (Å²) in [5.41, 5.74) is 3.44. The maximum Gasteiger partial charge on any atom is 0.138 e. The van der Waals surface area contributed by atoms with Crippen LogP contribution < -0.4 is 15.1 Å². The van der Waals surface area contributed by atoms with E-state index in [9.17, 15) is 5.11 Å². The van der Waals surface area contributed by atoms with Gasteiger partial charge in [-0.3, -0.25) is 0 Å². The first-order valence-electron chi connectivity index (χ1n) is 9.07. The van der Waals surface area contributed by atoms with Gasteiger partial charge < -0.3 is 20.2 Å². The number of nitrogens with one attached hydrogen (secondary N) is 1. The zero-order valence-corrected chi connectivity index (χ0v) is 14.7. The molecule has 1 fully saturated rings. The van der Waals surface area contributed by atoms with Gasteiger partial charge in [0.15, 0.2) is 0 Å². The van der Waals surface area contributed by atoms with Crippen molar-refractivity contribution in [3.63, 3.8) is 0 Å². The first-order valence-corrected chi connectivity index (χ1v) is 9.07. The predicted molar refractivity (Wildman–Crippen MR) is 99.6 cm³/mol. The second-order valence-electron chi connectivity index (χ2n) is 6.73. The molecular formula is C19H25N5O. The molecule has 2 N–H and O–H groups in total. The monoisotopic (exact) mass is 339 g/mol. The highest BCUT2D eigenvalue weighted by Gasteiger charge is 2.24. The summed E-state index contributed by atoms with van der Waals surface area (Å²) >= 11 is 0. The van der Waals surface area contributed by atoms with Crippen molar-refractivity contribution in [2.24, 2.45) is 0 Å². The summed E-state index contributed by atoms with van der Waals surface area (Å²) in [5, 5.41) is 13.5. The average molecular weight is 339 g/mol.